The van der Waals surface area contributed by atoms with E-state index in [-0.39, 0.29) is 12.5 Å². The highest BCUT2D eigenvalue weighted by molar-refractivity contribution is 6.35. The number of amides is 1. The van der Waals surface area contributed by atoms with Crippen LogP contribution in [0.25, 0.3) is 0 Å². The van der Waals surface area contributed by atoms with Crippen LogP contribution in [0.15, 0.2) is 47.5 Å². The fraction of sp³-hybridized carbons (Fsp3) is 0.300. The molecule has 1 amide bonds. The third kappa shape index (κ3) is 5.15. The molecule has 1 aliphatic heterocycles. The molecule has 1 heterocycles. The molecule has 2 N–H and O–H groups in total. The molecular weight excluding hydrogens is 383 g/mol. The monoisotopic (exact) mass is 404 g/mol. The zero-order valence-electron chi connectivity index (χ0n) is 15.1. The lowest BCUT2D eigenvalue weighted by Crippen LogP contribution is -2.45. The van der Waals surface area contributed by atoms with Gasteiger partial charge in [0.1, 0.15) is 0 Å². The Morgan fingerprint density at radius 3 is 2.67 bits per heavy atom. The number of halogens is 2. The highest BCUT2D eigenvalue weighted by atomic mass is 35.5. The highest BCUT2D eigenvalue weighted by Crippen LogP contribution is 2.21. The van der Waals surface area contributed by atoms with Gasteiger partial charge < -0.3 is 15.5 Å². The highest BCUT2D eigenvalue weighted by Gasteiger charge is 2.20. The van der Waals surface area contributed by atoms with Crippen LogP contribution in [-0.4, -0.2) is 36.9 Å². The minimum Gasteiger partial charge on any atom is -0.352 e. The van der Waals surface area contributed by atoms with Crippen LogP contribution in [0.4, 0.5) is 0 Å². The summed E-state index contributed by atoms with van der Waals surface area (Å²) < 4.78 is 0. The van der Waals surface area contributed by atoms with Crippen molar-refractivity contribution in [2.75, 3.05) is 20.1 Å². The predicted octanol–water partition coefficient (Wildman–Crippen LogP) is 3.24. The molecule has 3 rings (SSSR count). The minimum atomic E-state index is 0.0528. The second kappa shape index (κ2) is 9.11. The number of nitrogens with one attached hydrogen (secondary N) is 2. The fourth-order valence-corrected chi connectivity index (χ4v) is 3.52. The van der Waals surface area contributed by atoms with Crippen LogP contribution in [0.1, 0.15) is 16.7 Å². The van der Waals surface area contributed by atoms with Crippen molar-refractivity contribution in [2.45, 2.75) is 19.5 Å². The van der Waals surface area contributed by atoms with Crippen LogP contribution in [0.3, 0.4) is 0 Å². The van der Waals surface area contributed by atoms with Gasteiger partial charge in [0, 0.05) is 36.7 Å². The summed E-state index contributed by atoms with van der Waals surface area (Å²) in [6, 6.07) is 13.6. The molecule has 0 radical (unpaired) electrons. The van der Waals surface area contributed by atoms with Crippen molar-refractivity contribution in [1.82, 2.24) is 15.5 Å². The second-order valence-electron chi connectivity index (χ2n) is 6.35. The summed E-state index contributed by atoms with van der Waals surface area (Å²) in [5.41, 5.74) is 3.45. The van der Waals surface area contributed by atoms with E-state index >= 15 is 0 Å². The first-order valence-corrected chi connectivity index (χ1v) is 9.55. The van der Waals surface area contributed by atoms with Crippen molar-refractivity contribution >= 4 is 35.1 Å². The number of carbonyl (C=O) groups is 1. The Morgan fingerprint density at radius 2 is 1.93 bits per heavy atom. The lowest BCUT2D eigenvalue weighted by atomic mass is 10.00. The van der Waals surface area contributed by atoms with E-state index < -0.39 is 0 Å². The van der Waals surface area contributed by atoms with Gasteiger partial charge in [-0.1, -0.05) is 53.5 Å². The van der Waals surface area contributed by atoms with E-state index in [9.17, 15) is 4.79 Å². The van der Waals surface area contributed by atoms with Crippen LogP contribution in [0.2, 0.25) is 10.0 Å². The van der Waals surface area contributed by atoms with Gasteiger partial charge >= 0.3 is 0 Å². The van der Waals surface area contributed by atoms with Crippen molar-refractivity contribution in [3.8, 4) is 0 Å². The van der Waals surface area contributed by atoms with Crippen molar-refractivity contribution in [3.05, 3.63) is 69.2 Å². The van der Waals surface area contributed by atoms with Crippen molar-refractivity contribution < 1.29 is 4.79 Å². The number of rotatable bonds is 4. The van der Waals surface area contributed by atoms with Crippen LogP contribution in [0.5, 0.6) is 0 Å². The summed E-state index contributed by atoms with van der Waals surface area (Å²) in [6.07, 6.45) is 0.893. The van der Waals surface area contributed by atoms with Crippen LogP contribution < -0.4 is 10.6 Å². The molecule has 7 heteroatoms. The molecule has 1 aliphatic rings. The molecule has 0 saturated carbocycles. The van der Waals surface area contributed by atoms with E-state index in [1.54, 1.807) is 19.2 Å². The molecule has 27 heavy (non-hydrogen) atoms. The molecule has 0 unspecified atom stereocenters. The molecule has 0 atom stereocenters. The third-order valence-electron chi connectivity index (χ3n) is 4.58. The van der Waals surface area contributed by atoms with Gasteiger partial charge in [0.15, 0.2) is 5.96 Å². The fourth-order valence-electron chi connectivity index (χ4n) is 3.04. The largest absolute Gasteiger partial charge is 0.352 e. The van der Waals surface area contributed by atoms with Gasteiger partial charge in [-0.25, -0.2) is 0 Å². The molecule has 0 fully saturated rings. The van der Waals surface area contributed by atoms with Gasteiger partial charge in [-0.05, 0) is 35.2 Å². The minimum absolute atomic E-state index is 0.0528. The van der Waals surface area contributed by atoms with E-state index in [4.69, 9.17) is 23.2 Å². The van der Waals surface area contributed by atoms with Gasteiger partial charge in [0.05, 0.1) is 6.54 Å². The molecule has 0 spiro atoms. The van der Waals surface area contributed by atoms with Crippen LogP contribution >= 0.6 is 23.2 Å². The molecule has 0 aliphatic carbocycles. The number of hydrogen-bond donors (Lipinski definition) is 2. The average Bonchev–Trinajstić information content (AvgIpc) is 2.68. The van der Waals surface area contributed by atoms with Gasteiger partial charge in [0.2, 0.25) is 5.91 Å². The number of nitrogens with zero attached hydrogens (tertiary/aromatic N) is 2. The van der Waals surface area contributed by atoms with E-state index in [1.807, 2.05) is 23.1 Å². The maximum atomic E-state index is 12.5. The summed E-state index contributed by atoms with van der Waals surface area (Å²) in [4.78, 5) is 18.6. The number of carbonyl (C=O) groups excluding carboxylic acids is 1. The lowest BCUT2D eigenvalue weighted by Gasteiger charge is -2.29. The molecule has 2 aromatic carbocycles. The normalized spacial score (nSPS) is 13.9. The molecule has 0 saturated heterocycles. The van der Waals surface area contributed by atoms with Crippen LogP contribution in [-0.2, 0) is 24.3 Å². The number of hydrogen-bond acceptors (Lipinski definition) is 2. The standard InChI is InChI=1S/C20H22Cl2N4O/c1-23-20(24-11-15-6-7-17(21)10-18(15)22)25-12-19(27)26-9-8-14-4-2-3-5-16(14)13-26/h2-7,10H,8-9,11-13H2,1H3,(H2,23,24,25). The lowest BCUT2D eigenvalue weighted by molar-refractivity contribution is -0.130. The molecule has 2 aromatic rings. The zero-order valence-corrected chi connectivity index (χ0v) is 16.6. The predicted molar refractivity (Wildman–Crippen MR) is 110 cm³/mol. The summed E-state index contributed by atoms with van der Waals surface area (Å²) in [7, 11) is 1.67. The number of aliphatic imine (C=N–C) groups is 1. The number of fused-ring (bicyclic) bond motifs is 1. The van der Waals surface area contributed by atoms with E-state index in [1.165, 1.54) is 11.1 Å². The SMILES string of the molecule is CN=C(NCC(=O)N1CCc2ccccc2C1)NCc1ccc(Cl)cc1Cl. The number of benzene rings is 2. The molecule has 0 aromatic heterocycles. The third-order valence-corrected chi connectivity index (χ3v) is 5.16. The smallest absolute Gasteiger partial charge is 0.242 e. The van der Waals surface area contributed by atoms with Crippen molar-refractivity contribution in [3.63, 3.8) is 0 Å². The second-order valence-corrected chi connectivity index (χ2v) is 7.19. The quantitative estimate of drug-likeness (QED) is 0.607. The zero-order chi connectivity index (χ0) is 19.2. The Bertz CT molecular complexity index is 854. The topological polar surface area (TPSA) is 56.7 Å². The van der Waals surface area contributed by atoms with Gasteiger partial charge in [-0.3, -0.25) is 9.79 Å². The Hall–Kier alpha value is -2.24. The van der Waals surface area contributed by atoms with Gasteiger partial charge in [-0.2, -0.15) is 0 Å². The van der Waals surface area contributed by atoms with Crippen molar-refractivity contribution in [1.29, 1.82) is 0 Å². The first-order chi connectivity index (χ1) is 13.1. The first-order valence-electron chi connectivity index (χ1n) is 8.80. The van der Waals surface area contributed by atoms with E-state index in [0.717, 1.165) is 18.5 Å². The Morgan fingerprint density at radius 1 is 1.15 bits per heavy atom. The summed E-state index contributed by atoms with van der Waals surface area (Å²) in [5, 5.41) is 7.42. The summed E-state index contributed by atoms with van der Waals surface area (Å²) in [5.74, 6) is 0.601. The van der Waals surface area contributed by atoms with E-state index in [2.05, 4.69) is 27.8 Å². The van der Waals surface area contributed by atoms with Crippen molar-refractivity contribution in [2.24, 2.45) is 4.99 Å². The molecular formula is C20H22Cl2N4O. The Balaban J connectivity index is 1.50. The maximum absolute atomic E-state index is 12.5. The Kier molecular flexibility index (Phi) is 6.58. The van der Waals surface area contributed by atoms with E-state index in [0.29, 0.717) is 29.1 Å². The summed E-state index contributed by atoms with van der Waals surface area (Å²) in [6.45, 7) is 2.07. The molecule has 5 nitrogen and oxygen atoms in total. The number of guanidine groups is 1. The van der Waals surface area contributed by atoms with Crippen LogP contribution in [0, 0.1) is 0 Å². The molecule has 142 valence electrons. The first kappa shape index (κ1) is 19.5. The maximum Gasteiger partial charge on any atom is 0.242 e. The Labute approximate surface area is 169 Å². The van der Waals surface area contributed by atoms with Gasteiger partial charge in [-0.15, -0.1) is 0 Å². The molecule has 0 bridgehead atoms. The summed E-state index contributed by atoms with van der Waals surface area (Å²) >= 11 is 12.1. The average molecular weight is 405 g/mol. The van der Waals surface area contributed by atoms with Gasteiger partial charge in [0.25, 0.3) is 0 Å².